The third-order valence-electron chi connectivity index (χ3n) is 2.25. The first-order chi connectivity index (χ1) is 9.11. The number of carbonyl (C=O) groups is 2. The zero-order valence-electron chi connectivity index (χ0n) is 10.7. The average Bonchev–Trinajstić information content (AvgIpc) is 2.25. The highest BCUT2D eigenvalue weighted by Gasteiger charge is 2.31. The number of hydrogen-bond acceptors (Lipinski definition) is 2. The summed E-state index contributed by atoms with van der Waals surface area (Å²) in [5, 5.41) is 11.0. The summed E-state index contributed by atoms with van der Waals surface area (Å²) >= 11 is 0. The molecule has 0 radical (unpaired) electrons. The Morgan fingerprint density at radius 1 is 1.25 bits per heavy atom. The molecule has 20 heavy (non-hydrogen) atoms. The van der Waals surface area contributed by atoms with Gasteiger partial charge in [0.25, 0.3) is 0 Å². The largest absolute Gasteiger partial charge is 0.478 e. The molecule has 0 heterocycles. The predicted octanol–water partition coefficient (Wildman–Crippen LogP) is 3.31. The molecule has 0 bridgehead atoms. The number of benzene rings is 1. The van der Waals surface area contributed by atoms with Crippen LogP contribution in [0.25, 0.3) is 0 Å². The number of carbonyl (C=O) groups excluding carboxylic acids is 1. The van der Waals surface area contributed by atoms with E-state index in [2.05, 4.69) is 5.32 Å². The highest BCUT2D eigenvalue weighted by atomic mass is 19.4. The lowest BCUT2D eigenvalue weighted by molar-refractivity contribution is -0.137. The Morgan fingerprint density at radius 3 is 2.30 bits per heavy atom. The van der Waals surface area contributed by atoms with Crippen LogP contribution in [0.4, 0.5) is 18.9 Å². The summed E-state index contributed by atoms with van der Waals surface area (Å²) in [6.07, 6.45) is -3.46. The number of rotatable bonds is 3. The van der Waals surface area contributed by atoms with Gasteiger partial charge in [0, 0.05) is 6.08 Å². The zero-order valence-corrected chi connectivity index (χ0v) is 10.7. The molecule has 4 nitrogen and oxygen atoms in total. The summed E-state index contributed by atoms with van der Waals surface area (Å²) in [5.74, 6) is -2.11. The van der Waals surface area contributed by atoms with E-state index in [1.807, 2.05) is 0 Å². The lowest BCUT2D eigenvalue weighted by Crippen LogP contribution is -2.14. The van der Waals surface area contributed by atoms with E-state index in [0.717, 1.165) is 12.1 Å². The molecule has 2 N–H and O–H groups in total. The number of carboxylic acids is 1. The molecule has 108 valence electrons. The summed E-state index contributed by atoms with van der Waals surface area (Å²) in [4.78, 5) is 22.4. The molecule has 1 amide bonds. The van der Waals surface area contributed by atoms with E-state index in [-0.39, 0.29) is 0 Å². The second kappa shape index (κ2) is 5.77. The molecule has 0 aliphatic rings. The smallest absolute Gasteiger partial charge is 0.416 e. The number of allylic oxidation sites excluding steroid dienone is 1. The molecule has 0 atom stereocenters. The number of amides is 1. The first kappa shape index (κ1) is 15.7. The van der Waals surface area contributed by atoms with Crippen LogP contribution >= 0.6 is 0 Å². The maximum atomic E-state index is 12.6. The number of nitrogens with one attached hydrogen (secondary N) is 1. The van der Waals surface area contributed by atoms with Crippen LogP contribution in [0.3, 0.4) is 0 Å². The maximum Gasteiger partial charge on any atom is 0.416 e. The molecule has 1 rings (SSSR count). The average molecular weight is 287 g/mol. The Morgan fingerprint density at radius 2 is 1.85 bits per heavy atom. The Labute approximate surface area is 112 Å². The van der Waals surface area contributed by atoms with Crippen LogP contribution in [-0.2, 0) is 11.0 Å². The molecular weight excluding hydrogens is 275 g/mol. The quantitative estimate of drug-likeness (QED) is 0.838. The number of alkyl halides is 3. The van der Waals surface area contributed by atoms with Gasteiger partial charge < -0.3 is 10.4 Å². The van der Waals surface area contributed by atoms with Crippen LogP contribution in [0.5, 0.6) is 0 Å². The van der Waals surface area contributed by atoms with E-state index in [0.29, 0.717) is 17.7 Å². The van der Waals surface area contributed by atoms with Crippen molar-refractivity contribution in [3.8, 4) is 0 Å². The number of halogens is 3. The molecule has 0 fully saturated rings. The van der Waals surface area contributed by atoms with Crippen LogP contribution in [0, 0.1) is 0 Å². The lowest BCUT2D eigenvalue weighted by atomic mass is 10.1. The highest BCUT2D eigenvalue weighted by molar-refractivity contribution is 6.04. The van der Waals surface area contributed by atoms with Crippen LogP contribution < -0.4 is 5.32 Å². The van der Waals surface area contributed by atoms with Gasteiger partial charge in [-0.2, -0.15) is 13.2 Å². The Balaban J connectivity index is 3.23. The van der Waals surface area contributed by atoms with Gasteiger partial charge in [0.15, 0.2) is 0 Å². The molecule has 1 aromatic carbocycles. The number of hydrogen-bond donors (Lipinski definition) is 2. The molecule has 0 saturated carbocycles. The summed E-state index contributed by atoms with van der Waals surface area (Å²) < 4.78 is 37.7. The SMILES string of the molecule is CC(C)=CC(=O)Nc1cc(C(F)(F)F)ccc1C(=O)O. The standard InChI is InChI=1S/C13H12F3NO3/c1-7(2)5-11(18)17-10-6-8(13(14,15)16)3-4-9(10)12(19)20/h3-6H,1-2H3,(H,17,18)(H,19,20). The fraction of sp³-hybridized carbons (Fsp3) is 0.231. The Kier molecular flexibility index (Phi) is 4.54. The molecule has 0 unspecified atom stereocenters. The molecular formula is C13H12F3NO3. The van der Waals surface area contributed by atoms with Crippen molar-refractivity contribution >= 4 is 17.6 Å². The van der Waals surface area contributed by atoms with Crippen molar-refractivity contribution in [2.24, 2.45) is 0 Å². The van der Waals surface area contributed by atoms with Crippen LogP contribution in [0.15, 0.2) is 29.8 Å². The van der Waals surface area contributed by atoms with Crippen molar-refractivity contribution in [2.45, 2.75) is 20.0 Å². The van der Waals surface area contributed by atoms with Crippen LogP contribution in [0.1, 0.15) is 29.8 Å². The predicted molar refractivity (Wildman–Crippen MR) is 66.5 cm³/mol. The third kappa shape index (κ3) is 4.11. The number of anilines is 1. The molecule has 0 aliphatic carbocycles. The van der Waals surface area contributed by atoms with Crippen LogP contribution in [0.2, 0.25) is 0 Å². The van der Waals surface area contributed by atoms with Crippen LogP contribution in [-0.4, -0.2) is 17.0 Å². The van der Waals surface area contributed by atoms with Gasteiger partial charge in [-0.1, -0.05) is 5.57 Å². The summed E-state index contributed by atoms with van der Waals surface area (Å²) in [6, 6.07) is 2.06. The second-order valence-corrected chi connectivity index (χ2v) is 4.27. The van der Waals surface area contributed by atoms with Crippen molar-refractivity contribution in [3.63, 3.8) is 0 Å². The van der Waals surface area contributed by atoms with E-state index >= 15 is 0 Å². The minimum atomic E-state index is -4.62. The number of aromatic carboxylic acids is 1. The van der Waals surface area contributed by atoms with Crippen molar-refractivity contribution in [2.75, 3.05) is 5.32 Å². The van der Waals surface area contributed by atoms with Gasteiger partial charge in [0.2, 0.25) is 5.91 Å². The van der Waals surface area contributed by atoms with Gasteiger partial charge in [0.1, 0.15) is 0 Å². The monoisotopic (exact) mass is 287 g/mol. The maximum absolute atomic E-state index is 12.6. The van der Waals surface area contributed by atoms with Gasteiger partial charge >= 0.3 is 12.1 Å². The van der Waals surface area contributed by atoms with Crippen molar-refractivity contribution in [1.82, 2.24) is 0 Å². The van der Waals surface area contributed by atoms with Gasteiger partial charge in [-0.15, -0.1) is 0 Å². The summed E-state index contributed by atoms with van der Waals surface area (Å²) in [5.41, 5.74) is -1.20. The van der Waals surface area contributed by atoms with E-state index in [4.69, 9.17) is 5.11 Å². The molecule has 0 saturated heterocycles. The fourth-order valence-corrected chi connectivity index (χ4v) is 1.44. The van der Waals surface area contributed by atoms with Crippen molar-refractivity contribution in [3.05, 3.63) is 41.0 Å². The Hall–Kier alpha value is -2.31. The molecule has 1 aromatic rings. The molecule has 0 aromatic heterocycles. The second-order valence-electron chi connectivity index (χ2n) is 4.27. The zero-order chi connectivity index (χ0) is 15.5. The van der Waals surface area contributed by atoms with Gasteiger partial charge in [-0.25, -0.2) is 4.79 Å². The molecule has 7 heteroatoms. The normalized spacial score (nSPS) is 10.8. The molecule has 0 aliphatic heterocycles. The van der Waals surface area contributed by atoms with Gasteiger partial charge in [-0.05, 0) is 32.0 Å². The first-order valence-electron chi connectivity index (χ1n) is 5.51. The van der Waals surface area contributed by atoms with E-state index in [1.165, 1.54) is 0 Å². The van der Waals surface area contributed by atoms with E-state index in [9.17, 15) is 22.8 Å². The summed E-state index contributed by atoms with van der Waals surface area (Å²) in [6.45, 7) is 3.26. The van der Waals surface area contributed by atoms with Gasteiger partial charge in [-0.3, -0.25) is 4.79 Å². The minimum Gasteiger partial charge on any atom is -0.478 e. The van der Waals surface area contributed by atoms with Gasteiger partial charge in [0.05, 0.1) is 16.8 Å². The Bertz CT molecular complexity index is 573. The molecule has 0 spiro atoms. The minimum absolute atomic E-state index is 0.394. The van der Waals surface area contributed by atoms with Crippen molar-refractivity contribution in [1.29, 1.82) is 0 Å². The third-order valence-corrected chi connectivity index (χ3v) is 2.25. The van der Waals surface area contributed by atoms with E-state index < -0.39 is 34.9 Å². The lowest BCUT2D eigenvalue weighted by Gasteiger charge is -2.11. The van der Waals surface area contributed by atoms with Crippen molar-refractivity contribution < 1.29 is 27.9 Å². The first-order valence-corrected chi connectivity index (χ1v) is 5.51. The van der Waals surface area contributed by atoms with E-state index in [1.54, 1.807) is 13.8 Å². The fourth-order valence-electron chi connectivity index (χ4n) is 1.44. The summed E-state index contributed by atoms with van der Waals surface area (Å²) in [7, 11) is 0. The number of carboxylic acid groups (broad SMARTS) is 1. The highest BCUT2D eigenvalue weighted by Crippen LogP contribution is 2.32. The topological polar surface area (TPSA) is 66.4 Å².